The highest BCUT2D eigenvalue weighted by atomic mass is 35.5. The Balaban J connectivity index is 2.84. The molecule has 5 heteroatoms. The summed E-state index contributed by atoms with van der Waals surface area (Å²) >= 11 is 4.63. The first-order valence-corrected chi connectivity index (χ1v) is 4.28. The molecule has 0 heterocycles. The number of benzene rings is 1. The van der Waals surface area contributed by atoms with Gasteiger partial charge in [-0.1, -0.05) is 29.8 Å². The lowest BCUT2D eigenvalue weighted by Gasteiger charge is -2.18. The largest absolute Gasteiger partial charge is 0.444 e. The Labute approximate surface area is 84.4 Å². The second-order valence-electron chi connectivity index (χ2n) is 2.73. The summed E-state index contributed by atoms with van der Waals surface area (Å²) in [5.74, 6) is -0.0826. The minimum absolute atomic E-state index is 0.0826. The lowest BCUT2D eigenvalue weighted by molar-refractivity contribution is -0.199. The van der Waals surface area contributed by atoms with E-state index in [1.54, 1.807) is 19.1 Å². The number of rotatable bonds is 3. The molecule has 1 rings (SSSR count). The third kappa shape index (κ3) is 2.54. The second kappa shape index (κ2) is 4.09. The van der Waals surface area contributed by atoms with E-state index in [9.17, 15) is 13.2 Å². The van der Waals surface area contributed by atoms with Gasteiger partial charge in [0.05, 0.1) is 0 Å². The summed E-state index contributed by atoms with van der Waals surface area (Å²) in [5, 5.41) is 0. The normalized spacial score (nSPS) is 13.8. The van der Waals surface area contributed by atoms with Crippen LogP contribution in [0.1, 0.15) is 5.56 Å². The van der Waals surface area contributed by atoms with Gasteiger partial charge in [-0.3, -0.25) is 0 Å². The molecule has 0 aromatic heterocycles. The molecule has 0 fully saturated rings. The third-order valence-corrected chi connectivity index (χ3v) is 1.85. The molecule has 0 spiro atoms. The number of halogens is 4. The molecular weight excluding hydrogens is 217 g/mol. The lowest BCUT2D eigenvalue weighted by atomic mass is 10.2. The first kappa shape index (κ1) is 11.2. The van der Waals surface area contributed by atoms with Crippen LogP contribution in [0.5, 0.6) is 5.75 Å². The van der Waals surface area contributed by atoms with Crippen molar-refractivity contribution in [2.24, 2.45) is 0 Å². The molecule has 0 bridgehead atoms. The van der Waals surface area contributed by atoms with Crippen LogP contribution >= 0.6 is 11.6 Å². The van der Waals surface area contributed by atoms with Gasteiger partial charge in [0.1, 0.15) is 5.75 Å². The van der Waals surface area contributed by atoms with Crippen molar-refractivity contribution in [3.63, 3.8) is 0 Å². The Kier molecular flexibility index (Phi) is 3.26. The van der Waals surface area contributed by atoms with Gasteiger partial charge < -0.3 is 4.74 Å². The topological polar surface area (TPSA) is 9.23 Å². The van der Waals surface area contributed by atoms with Crippen molar-refractivity contribution in [3.05, 3.63) is 29.8 Å². The number of hydrogen-bond donors (Lipinski definition) is 0. The average Bonchev–Trinajstić information content (AvgIpc) is 2.08. The molecule has 1 aromatic carbocycles. The number of ether oxygens (including phenoxy) is 1. The van der Waals surface area contributed by atoms with Crippen LogP contribution < -0.4 is 4.74 Å². The summed E-state index contributed by atoms with van der Waals surface area (Å²) in [7, 11) is 0. The van der Waals surface area contributed by atoms with Crippen LogP contribution in [-0.2, 0) is 0 Å². The highest BCUT2D eigenvalue weighted by molar-refractivity contribution is 6.20. The van der Waals surface area contributed by atoms with Crippen molar-refractivity contribution in [3.8, 4) is 5.75 Å². The zero-order valence-corrected chi connectivity index (χ0v) is 8.06. The van der Waals surface area contributed by atoms with Crippen molar-refractivity contribution in [2.45, 2.75) is 18.7 Å². The van der Waals surface area contributed by atoms with Crippen LogP contribution in [0.2, 0.25) is 0 Å². The Morgan fingerprint density at radius 1 is 1.36 bits per heavy atom. The molecule has 0 amide bonds. The monoisotopic (exact) mass is 224 g/mol. The van der Waals surface area contributed by atoms with Crippen molar-refractivity contribution < 1.29 is 17.9 Å². The van der Waals surface area contributed by atoms with Gasteiger partial charge in [0.2, 0.25) is 0 Å². The summed E-state index contributed by atoms with van der Waals surface area (Å²) < 4.78 is 41.7. The van der Waals surface area contributed by atoms with Gasteiger partial charge >= 0.3 is 6.11 Å². The molecule has 0 unspecified atom stereocenters. The van der Waals surface area contributed by atoms with Gasteiger partial charge in [-0.15, -0.1) is 0 Å². The quantitative estimate of drug-likeness (QED) is 0.714. The minimum Gasteiger partial charge on any atom is -0.429 e. The molecule has 0 aliphatic carbocycles. The summed E-state index contributed by atoms with van der Waals surface area (Å²) in [6.07, 6.45) is -4.01. The Morgan fingerprint density at radius 3 is 2.43 bits per heavy atom. The fourth-order valence-electron chi connectivity index (χ4n) is 0.862. The highest BCUT2D eigenvalue weighted by Crippen LogP contribution is 2.30. The van der Waals surface area contributed by atoms with E-state index in [1.807, 2.05) is 0 Å². The molecule has 0 saturated heterocycles. The van der Waals surface area contributed by atoms with Crippen LogP contribution in [0.25, 0.3) is 0 Å². The lowest BCUT2D eigenvalue weighted by Crippen LogP contribution is -2.33. The molecule has 0 aliphatic heterocycles. The van der Waals surface area contributed by atoms with E-state index < -0.39 is 11.7 Å². The van der Waals surface area contributed by atoms with Gasteiger partial charge in [0.15, 0.2) is 0 Å². The molecule has 0 N–H and O–H groups in total. The smallest absolute Gasteiger partial charge is 0.429 e. The Hall–Kier alpha value is -0.900. The molecule has 0 aliphatic rings. The van der Waals surface area contributed by atoms with Crippen LogP contribution in [0.3, 0.4) is 0 Å². The summed E-state index contributed by atoms with van der Waals surface area (Å²) in [4.78, 5) is 0. The molecule has 1 atom stereocenters. The van der Waals surface area contributed by atoms with Crippen LogP contribution in [0.15, 0.2) is 24.3 Å². The molecule has 1 aromatic rings. The van der Waals surface area contributed by atoms with E-state index in [2.05, 4.69) is 16.3 Å². The maximum Gasteiger partial charge on any atom is 0.444 e. The van der Waals surface area contributed by atoms with Crippen LogP contribution in [0, 0.1) is 6.92 Å². The van der Waals surface area contributed by atoms with Crippen molar-refractivity contribution >= 4 is 11.6 Å². The fraction of sp³-hybridized carbons (Fsp3) is 0.333. The van der Waals surface area contributed by atoms with Gasteiger partial charge in [-0.25, -0.2) is 4.39 Å². The standard InChI is InChI=1S/C9H8ClF3O/c1-6-4-2-3-5-7(6)14-9(12,13)8(10)11/h2-5,8H,1H3/t8-/m1/s1. The van der Waals surface area contributed by atoms with Crippen LogP contribution in [0.4, 0.5) is 13.2 Å². The minimum atomic E-state index is -4.01. The van der Waals surface area contributed by atoms with E-state index in [0.717, 1.165) is 0 Å². The molecular formula is C9H8ClF3O. The van der Waals surface area contributed by atoms with Crippen LogP contribution in [-0.4, -0.2) is 11.7 Å². The van der Waals surface area contributed by atoms with E-state index >= 15 is 0 Å². The zero-order valence-electron chi connectivity index (χ0n) is 7.31. The number of hydrogen-bond acceptors (Lipinski definition) is 1. The van der Waals surface area contributed by atoms with Gasteiger partial charge in [0.25, 0.3) is 5.63 Å². The molecule has 0 saturated carbocycles. The summed E-state index contributed by atoms with van der Waals surface area (Å²) in [6.45, 7) is 1.58. The first-order chi connectivity index (χ1) is 6.43. The number of para-hydroxylation sites is 1. The fourth-order valence-corrected chi connectivity index (χ4v) is 0.907. The molecule has 1 nitrogen and oxygen atoms in total. The molecule has 0 radical (unpaired) electrons. The predicted octanol–water partition coefficient (Wildman–Crippen LogP) is 3.50. The second-order valence-corrected chi connectivity index (χ2v) is 3.11. The maximum atomic E-state index is 12.7. The van der Waals surface area contributed by atoms with Gasteiger partial charge in [-0.2, -0.15) is 8.78 Å². The average molecular weight is 225 g/mol. The molecule has 78 valence electrons. The summed E-state index contributed by atoms with van der Waals surface area (Å²) in [6, 6.07) is 6.07. The first-order valence-electron chi connectivity index (χ1n) is 3.84. The third-order valence-electron chi connectivity index (χ3n) is 1.59. The summed E-state index contributed by atoms with van der Waals surface area (Å²) in [5.41, 5.74) is -2.37. The Bertz CT molecular complexity index is 315. The van der Waals surface area contributed by atoms with Crippen molar-refractivity contribution in [1.82, 2.24) is 0 Å². The predicted molar refractivity (Wildman–Crippen MR) is 47.5 cm³/mol. The van der Waals surface area contributed by atoms with E-state index in [4.69, 9.17) is 0 Å². The molecule has 14 heavy (non-hydrogen) atoms. The van der Waals surface area contributed by atoms with E-state index in [0.29, 0.717) is 5.56 Å². The van der Waals surface area contributed by atoms with Gasteiger partial charge in [0, 0.05) is 0 Å². The zero-order chi connectivity index (χ0) is 10.8. The Morgan fingerprint density at radius 2 is 1.93 bits per heavy atom. The number of alkyl halides is 4. The highest BCUT2D eigenvalue weighted by Gasteiger charge is 2.42. The van der Waals surface area contributed by atoms with Gasteiger partial charge in [-0.05, 0) is 18.6 Å². The van der Waals surface area contributed by atoms with E-state index in [-0.39, 0.29) is 5.75 Å². The van der Waals surface area contributed by atoms with E-state index in [1.165, 1.54) is 12.1 Å². The maximum absolute atomic E-state index is 12.7. The SMILES string of the molecule is Cc1ccccc1OC(F)(F)[C@@H](F)Cl. The van der Waals surface area contributed by atoms with Crippen molar-refractivity contribution in [1.29, 1.82) is 0 Å². The van der Waals surface area contributed by atoms with Crippen molar-refractivity contribution in [2.75, 3.05) is 0 Å². The number of aryl methyl sites for hydroxylation is 1.